The highest BCUT2D eigenvalue weighted by atomic mass is 16.2. The number of nitrogens with one attached hydrogen (secondary N) is 2. The SMILES string of the molecule is CCCNC(=O)CNc1cnc2c(C(=O)N3CCN(c4ccccc4)CC3)cccn2c1=O. The molecule has 172 valence electrons. The molecular formula is C24H28N6O3. The highest BCUT2D eigenvalue weighted by Gasteiger charge is 2.24. The predicted molar refractivity (Wildman–Crippen MR) is 128 cm³/mol. The molecule has 9 nitrogen and oxygen atoms in total. The number of carbonyl (C=O) groups excluding carboxylic acids is 2. The van der Waals surface area contributed by atoms with Gasteiger partial charge in [-0.15, -0.1) is 0 Å². The van der Waals surface area contributed by atoms with Crippen molar-refractivity contribution in [2.24, 2.45) is 0 Å². The number of hydrogen-bond acceptors (Lipinski definition) is 6. The number of benzene rings is 1. The Labute approximate surface area is 192 Å². The van der Waals surface area contributed by atoms with Crippen LogP contribution in [0, 0.1) is 0 Å². The maximum absolute atomic E-state index is 13.3. The lowest BCUT2D eigenvalue weighted by molar-refractivity contribution is -0.119. The highest BCUT2D eigenvalue weighted by molar-refractivity contribution is 6.00. The number of piperazine rings is 1. The summed E-state index contributed by atoms with van der Waals surface area (Å²) in [7, 11) is 0. The molecule has 0 saturated carbocycles. The Hall–Kier alpha value is -3.88. The van der Waals surface area contributed by atoms with Crippen molar-refractivity contribution in [3.05, 3.63) is 70.8 Å². The van der Waals surface area contributed by atoms with E-state index in [4.69, 9.17) is 0 Å². The molecule has 1 aliphatic rings. The third-order valence-corrected chi connectivity index (χ3v) is 5.66. The molecule has 3 aromatic rings. The summed E-state index contributed by atoms with van der Waals surface area (Å²) >= 11 is 0. The Morgan fingerprint density at radius 1 is 1.03 bits per heavy atom. The van der Waals surface area contributed by atoms with E-state index >= 15 is 0 Å². The molecule has 3 heterocycles. The van der Waals surface area contributed by atoms with Gasteiger partial charge in [0, 0.05) is 44.6 Å². The van der Waals surface area contributed by atoms with Crippen molar-refractivity contribution < 1.29 is 9.59 Å². The highest BCUT2D eigenvalue weighted by Crippen LogP contribution is 2.18. The number of rotatable bonds is 7. The second-order valence-corrected chi connectivity index (χ2v) is 7.91. The summed E-state index contributed by atoms with van der Waals surface area (Å²) < 4.78 is 1.35. The minimum absolute atomic E-state index is 0.0205. The molecule has 1 aromatic carbocycles. The van der Waals surface area contributed by atoms with Gasteiger partial charge in [-0.25, -0.2) is 4.98 Å². The summed E-state index contributed by atoms with van der Waals surface area (Å²) in [5, 5.41) is 5.59. The van der Waals surface area contributed by atoms with Crippen LogP contribution in [0.1, 0.15) is 23.7 Å². The Bertz CT molecular complexity index is 1190. The quantitative estimate of drug-likeness (QED) is 0.570. The van der Waals surface area contributed by atoms with E-state index in [0.717, 1.165) is 25.2 Å². The summed E-state index contributed by atoms with van der Waals surface area (Å²) in [6.07, 6.45) is 3.80. The first kappa shape index (κ1) is 22.3. The van der Waals surface area contributed by atoms with Gasteiger partial charge >= 0.3 is 0 Å². The summed E-state index contributed by atoms with van der Waals surface area (Å²) in [5.41, 5.74) is 1.69. The summed E-state index contributed by atoms with van der Waals surface area (Å²) in [6, 6.07) is 13.5. The lowest BCUT2D eigenvalue weighted by Crippen LogP contribution is -2.49. The second-order valence-electron chi connectivity index (χ2n) is 7.91. The molecule has 2 aromatic heterocycles. The fraction of sp³-hybridized carbons (Fsp3) is 0.333. The van der Waals surface area contributed by atoms with Gasteiger partial charge in [-0.3, -0.25) is 18.8 Å². The largest absolute Gasteiger partial charge is 0.370 e. The summed E-state index contributed by atoms with van der Waals surface area (Å²) in [6.45, 7) is 5.18. The molecule has 2 amide bonds. The number of pyridine rings is 1. The number of anilines is 2. The Balaban J connectivity index is 1.48. The molecule has 9 heteroatoms. The number of amides is 2. The van der Waals surface area contributed by atoms with Crippen molar-refractivity contribution in [2.45, 2.75) is 13.3 Å². The second kappa shape index (κ2) is 10.2. The van der Waals surface area contributed by atoms with Crippen molar-refractivity contribution in [1.29, 1.82) is 0 Å². The molecular weight excluding hydrogens is 420 g/mol. The third kappa shape index (κ3) is 4.97. The maximum atomic E-state index is 13.3. The van der Waals surface area contributed by atoms with Gasteiger partial charge < -0.3 is 20.4 Å². The zero-order valence-electron chi connectivity index (χ0n) is 18.7. The molecule has 0 unspecified atom stereocenters. The van der Waals surface area contributed by atoms with Crippen molar-refractivity contribution in [3.63, 3.8) is 0 Å². The monoisotopic (exact) mass is 448 g/mol. The van der Waals surface area contributed by atoms with Crippen LogP contribution in [0.2, 0.25) is 0 Å². The molecule has 0 atom stereocenters. The molecule has 0 radical (unpaired) electrons. The first-order chi connectivity index (χ1) is 16.1. The van der Waals surface area contributed by atoms with Gasteiger partial charge in [0.05, 0.1) is 18.3 Å². The van der Waals surface area contributed by atoms with E-state index in [1.807, 2.05) is 25.1 Å². The lowest BCUT2D eigenvalue weighted by atomic mass is 10.2. The number of para-hydroxylation sites is 1. The molecule has 1 aliphatic heterocycles. The van der Waals surface area contributed by atoms with Gasteiger partial charge in [0.2, 0.25) is 5.91 Å². The molecule has 2 N–H and O–H groups in total. The fourth-order valence-corrected chi connectivity index (χ4v) is 3.87. The van der Waals surface area contributed by atoms with E-state index in [1.54, 1.807) is 23.2 Å². The van der Waals surface area contributed by atoms with Gasteiger partial charge in [0.15, 0.2) is 5.65 Å². The van der Waals surface area contributed by atoms with Crippen LogP contribution in [0.25, 0.3) is 5.65 Å². The van der Waals surface area contributed by atoms with Crippen LogP contribution >= 0.6 is 0 Å². The number of aromatic nitrogens is 2. The molecule has 0 aliphatic carbocycles. The van der Waals surface area contributed by atoms with Crippen LogP contribution in [-0.2, 0) is 4.79 Å². The van der Waals surface area contributed by atoms with E-state index in [-0.39, 0.29) is 29.6 Å². The molecule has 33 heavy (non-hydrogen) atoms. The molecule has 4 rings (SSSR count). The molecule has 1 fully saturated rings. The normalized spacial score (nSPS) is 13.7. The standard InChI is InChI=1S/C24H28N6O3/c1-2-10-25-21(31)17-26-20-16-27-22-19(9-6-11-30(22)24(20)33)23(32)29-14-12-28(13-15-29)18-7-4-3-5-8-18/h3-9,11,16,26H,2,10,12-15,17H2,1H3,(H,25,31). The van der Waals surface area contributed by atoms with Crippen molar-refractivity contribution in [1.82, 2.24) is 19.6 Å². The zero-order valence-corrected chi connectivity index (χ0v) is 18.7. The van der Waals surface area contributed by atoms with Crippen molar-refractivity contribution in [2.75, 3.05) is 49.5 Å². The van der Waals surface area contributed by atoms with Crippen LogP contribution in [0.3, 0.4) is 0 Å². The van der Waals surface area contributed by atoms with Crippen LogP contribution in [-0.4, -0.2) is 65.4 Å². The van der Waals surface area contributed by atoms with Crippen LogP contribution in [0.15, 0.2) is 59.7 Å². The smallest absolute Gasteiger partial charge is 0.281 e. The van der Waals surface area contributed by atoms with Gasteiger partial charge in [-0.2, -0.15) is 0 Å². The third-order valence-electron chi connectivity index (χ3n) is 5.66. The molecule has 0 bridgehead atoms. The molecule has 0 spiro atoms. The first-order valence-electron chi connectivity index (χ1n) is 11.2. The minimum Gasteiger partial charge on any atom is -0.370 e. The number of fused-ring (bicyclic) bond motifs is 1. The number of carbonyl (C=O) groups is 2. The zero-order chi connectivity index (χ0) is 23.2. The van der Waals surface area contributed by atoms with E-state index < -0.39 is 0 Å². The average Bonchev–Trinajstić information content (AvgIpc) is 2.87. The van der Waals surface area contributed by atoms with Crippen LogP contribution in [0.5, 0.6) is 0 Å². The Morgan fingerprint density at radius 3 is 2.52 bits per heavy atom. The van der Waals surface area contributed by atoms with E-state index in [9.17, 15) is 14.4 Å². The Morgan fingerprint density at radius 2 is 1.79 bits per heavy atom. The van der Waals surface area contributed by atoms with E-state index in [1.165, 1.54) is 10.6 Å². The van der Waals surface area contributed by atoms with Crippen LogP contribution < -0.4 is 21.1 Å². The van der Waals surface area contributed by atoms with Crippen molar-refractivity contribution >= 4 is 28.8 Å². The Kier molecular flexibility index (Phi) is 6.87. The molecule has 1 saturated heterocycles. The van der Waals surface area contributed by atoms with E-state index in [2.05, 4.69) is 32.7 Å². The topological polar surface area (TPSA) is 99.0 Å². The minimum atomic E-state index is -0.355. The van der Waals surface area contributed by atoms with Crippen LogP contribution in [0.4, 0.5) is 11.4 Å². The van der Waals surface area contributed by atoms with Gasteiger partial charge in [-0.05, 0) is 30.7 Å². The average molecular weight is 449 g/mol. The number of hydrogen-bond donors (Lipinski definition) is 2. The van der Waals surface area contributed by atoms with E-state index in [0.29, 0.717) is 30.8 Å². The summed E-state index contributed by atoms with van der Waals surface area (Å²) in [5.74, 6) is -0.340. The maximum Gasteiger partial charge on any atom is 0.281 e. The lowest BCUT2D eigenvalue weighted by Gasteiger charge is -2.36. The fourth-order valence-electron chi connectivity index (χ4n) is 3.87. The summed E-state index contributed by atoms with van der Waals surface area (Å²) in [4.78, 5) is 46.4. The predicted octanol–water partition coefficient (Wildman–Crippen LogP) is 1.59. The van der Waals surface area contributed by atoms with Gasteiger partial charge in [0.25, 0.3) is 11.5 Å². The first-order valence-corrected chi connectivity index (χ1v) is 11.2. The van der Waals surface area contributed by atoms with Gasteiger partial charge in [0.1, 0.15) is 5.69 Å². The van der Waals surface area contributed by atoms with Crippen molar-refractivity contribution in [3.8, 4) is 0 Å². The number of nitrogens with zero attached hydrogens (tertiary/aromatic N) is 4. The van der Waals surface area contributed by atoms with Gasteiger partial charge in [-0.1, -0.05) is 25.1 Å².